The van der Waals surface area contributed by atoms with Crippen LogP contribution in [0.25, 0.3) is 0 Å². The molecule has 0 aliphatic rings. The second kappa shape index (κ2) is 7.38. The zero-order chi connectivity index (χ0) is 13.5. The summed E-state index contributed by atoms with van der Waals surface area (Å²) in [6.45, 7) is 4.17. The molecule has 1 rings (SSSR count). The van der Waals surface area contributed by atoms with Gasteiger partial charge in [-0.1, -0.05) is 13.0 Å². The number of hydrogen-bond donors (Lipinski definition) is 1. The molecule has 0 bridgehead atoms. The van der Waals surface area contributed by atoms with Crippen molar-refractivity contribution >= 4 is 21.9 Å². The van der Waals surface area contributed by atoms with Crippen LogP contribution in [0.2, 0.25) is 0 Å². The molecule has 0 radical (unpaired) electrons. The van der Waals surface area contributed by atoms with Crippen LogP contribution in [0.5, 0.6) is 5.75 Å². The van der Waals surface area contributed by atoms with E-state index in [1.54, 1.807) is 7.11 Å². The van der Waals surface area contributed by atoms with Gasteiger partial charge in [-0.3, -0.25) is 9.69 Å². The third-order valence-electron chi connectivity index (χ3n) is 2.71. The van der Waals surface area contributed by atoms with Crippen molar-refractivity contribution in [1.82, 2.24) is 4.90 Å². The summed E-state index contributed by atoms with van der Waals surface area (Å²) in [5.41, 5.74) is 1.13. The maximum atomic E-state index is 10.6. The number of benzene rings is 1. The molecule has 1 aromatic carbocycles. The quantitative estimate of drug-likeness (QED) is 0.840. The number of carbonyl (C=O) groups is 1. The fourth-order valence-electron chi connectivity index (χ4n) is 1.67. The summed E-state index contributed by atoms with van der Waals surface area (Å²) in [6, 6.07) is 5.90. The number of hydrogen-bond acceptors (Lipinski definition) is 3. The lowest BCUT2D eigenvalue weighted by Crippen LogP contribution is -2.25. The average Bonchev–Trinajstić information content (AvgIpc) is 2.34. The van der Waals surface area contributed by atoms with Crippen LogP contribution in [0.1, 0.15) is 18.9 Å². The highest BCUT2D eigenvalue weighted by molar-refractivity contribution is 9.10. The van der Waals surface area contributed by atoms with E-state index in [1.807, 2.05) is 25.1 Å². The van der Waals surface area contributed by atoms with E-state index in [-0.39, 0.29) is 6.42 Å². The molecule has 5 heteroatoms. The Kier molecular flexibility index (Phi) is 6.15. The van der Waals surface area contributed by atoms with E-state index in [1.165, 1.54) is 0 Å². The molecule has 0 heterocycles. The number of ether oxygens (including phenoxy) is 1. The van der Waals surface area contributed by atoms with Gasteiger partial charge in [0, 0.05) is 13.1 Å². The van der Waals surface area contributed by atoms with Gasteiger partial charge in [0.15, 0.2) is 0 Å². The Morgan fingerprint density at radius 1 is 1.50 bits per heavy atom. The Balaban J connectivity index is 2.64. The van der Waals surface area contributed by atoms with Gasteiger partial charge in [0.25, 0.3) is 0 Å². The topological polar surface area (TPSA) is 49.8 Å². The normalized spacial score (nSPS) is 10.7. The van der Waals surface area contributed by atoms with E-state index >= 15 is 0 Å². The molecule has 0 aliphatic heterocycles. The molecular weight excluding hydrogens is 298 g/mol. The minimum Gasteiger partial charge on any atom is -0.496 e. The highest BCUT2D eigenvalue weighted by atomic mass is 79.9. The Morgan fingerprint density at radius 2 is 2.22 bits per heavy atom. The van der Waals surface area contributed by atoms with Crippen LogP contribution in [0.3, 0.4) is 0 Å². The second-order valence-corrected chi connectivity index (χ2v) is 4.84. The van der Waals surface area contributed by atoms with Crippen molar-refractivity contribution in [3.8, 4) is 5.75 Å². The summed E-state index contributed by atoms with van der Waals surface area (Å²) in [4.78, 5) is 12.7. The first-order valence-corrected chi connectivity index (χ1v) is 6.62. The van der Waals surface area contributed by atoms with Gasteiger partial charge in [0.2, 0.25) is 0 Å². The van der Waals surface area contributed by atoms with Crippen molar-refractivity contribution in [3.05, 3.63) is 28.2 Å². The third kappa shape index (κ3) is 4.66. The molecule has 0 atom stereocenters. The number of carboxylic acids is 1. The standard InChI is InChI=1S/C13H18BrNO3/c1-3-15(7-6-13(16)17)9-10-4-5-12(18-2)11(14)8-10/h4-5,8H,3,6-7,9H2,1-2H3,(H,16,17). The fourth-order valence-corrected chi connectivity index (χ4v) is 2.26. The molecular formula is C13H18BrNO3. The SMILES string of the molecule is CCN(CCC(=O)O)Cc1ccc(OC)c(Br)c1. The minimum absolute atomic E-state index is 0.172. The highest BCUT2D eigenvalue weighted by Crippen LogP contribution is 2.26. The van der Waals surface area contributed by atoms with E-state index < -0.39 is 5.97 Å². The van der Waals surface area contributed by atoms with E-state index in [2.05, 4.69) is 20.8 Å². The summed E-state index contributed by atoms with van der Waals surface area (Å²) in [7, 11) is 1.63. The number of carboxylic acid groups (broad SMARTS) is 1. The van der Waals surface area contributed by atoms with Gasteiger partial charge in [-0.15, -0.1) is 0 Å². The van der Waals surface area contributed by atoms with Crippen molar-refractivity contribution in [2.24, 2.45) is 0 Å². The highest BCUT2D eigenvalue weighted by Gasteiger charge is 2.08. The zero-order valence-electron chi connectivity index (χ0n) is 10.6. The Labute approximate surface area is 116 Å². The molecule has 4 nitrogen and oxygen atoms in total. The summed E-state index contributed by atoms with van der Waals surface area (Å²) in [5.74, 6) is 0.0386. The molecule has 0 unspecified atom stereocenters. The monoisotopic (exact) mass is 315 g/mol. The summed E-state index contributed by atoms with van der Waals surface area (Å²) in [6.07, 6.45) is 0.172. The van der Waals surface area contributed by atoms with Crippen LogP contribution in [0.15, 0.2) is 22.7 Å². The smallest absolute Gasteiger partial charge is 0.304 e. The molecule has 0 saturated carbocycles. The van der Waals surface area contributed by atoms with Crippen LogP contribution in [-0.2, 0) is 11.3 Å². The van der Waals surface area contributed by atoms with Gasteiger partial charge in [-0.2, -0.15) is 0 Å². The fraction of sp³-hybridized carbons (Fsp3) is 0.462. The third-order valence-corrected chi connectivity index (χ3v) is 3.33. The summed E-state index contributed by atoms with van der Waals surface area (Å²) in [5, 5.41) is 8.69. The van der Waals surface area contributed by atoms with Gasteiger partial charge >= 0.3 is 5.97 Å². The molecule has 1 N–H and O–H groups in total. The maximum Gasteiger partial charge on any atom is 0.304 e. The largest absolute Gasteiger partial charge is 0.496 e. The van der Waals surface area contributed by atoms with Crippen molar-refractivity contribution < 1.29 is 14.6 Å². The number of aliphatic carboxylic acids is 1. The van der Waals surface area contributed by atoms with Crippen molar-refractivity contribution in [2.75, 3.05) is 20.2 Å². The lowest BCUT2D eigenvalue weighted by atomic mass is 10.2. The number of nitrogens with zero attached hydrogens (tertiary/aromatic N) is 1. The van der Waals surface area contributed by atoms with Crippen LogP contribution in [0, 0.1) is 0 Å². The second-order valence-electron chi connectivity index (χ2n) is 3.98. The Morgan fingerprint density at radius 3 is 2.72 bits per heavy atom. The van der Waals surface area contributed by atoms with Gasteiger partial charge in [-0.25, -0.2) is 0 Å². The minimum atomic E-state index is -0.760. The molecule has 0 saturated heterocycles. The molecule has 1 aromatic rings. The first-order chi connectivity index (χ1) is 8.56. The van der Waals surface area contributed by atoms with Crippen molar-refractivity contribution in [3.63, 3.8) is 0 Å². The molecule has 0 spiro atoms. The van der Waals surface area contributed by atoms with Crippen LogP contribution in [-0.4, -0.2) is 36.2 Å². The van der Waals surface area contributed by atoms with Crippen molar-refractivity contribution in [1.29, 1.82) is 0 Å². The first-order valence-electron chi connectivity index (χ1n) is 5.83. The molecule has 0 aromatic heterocycles. The molecule has 0 fully saturated rings. The van der Waals surface area contributed by atoms with E-state index in [4.69, 9.17) is 9.84 Å². The van der Waals surface area contributed by atoms with Crippen LogP contribution >= 0.6 is 15.9 Å². The average molecular weight is 316 g/mol. The molecule has 0 aliphatic carbocycles. The Bertz CT molecular complexity index is 409. The Hall–Kier alpha value is -1.07. The predicted octanol–water partition coefficient (Wildman–Crippen LogP) is 2.75. The van der Waals surface area contributed by atoms with Crippen LogP contribution < -0.4 is 4.74 Å². The first kappa shape index (κ1) is 15.0. The van der Waals surface area contributed by atoms with Gasteiger partial charge in [0.05, 0.1) is 18.0 Å². The lowest BCUT2D eigenvalue weighted by Gasteiger charge is -2.19. The maximum absolute atomic E-state index is 10.6. The lowest BCUT2D eigenvalue weighted by molar-refractivity contribution is -0.137. The predicted molar refractivity (Wildman–Crippen MR) is 73.9 cm³/mol. The van der Waals surface area contributed by atoms with E-state index in [0.717, 1.165) is 28.9 Å². The van der Waals surface area contributed by atoms with Gasteiger partial charge in [-0.05, 0) is 40.2 Å². The van der Waals surface area contributed by atoms with Crippen LogP contribution in [0.4, 0.5) is 0 Å². The van der Waals surface area contributed by atoms with E-state index in [9.17, 15) is 4.79 Å². The summed E-state index contributed by atoms with van der Waals surface area (Å²) < 4.78 is 6.09. The molecule has 0 amide bonds. The zero-order valence-corrected chi connectivity index (χ0v) is 12.2. The molecule has 100 valence electrons. The number of rotatable bonds is 7. The number of halogens is 1. The van der Waals surface area contributed by atoms with E-state index in [0.29, 0.717) is 6.54 Å². The molecule has 18 heavy (non-hydrogen) atoms. The van der Waals surface area contributed by atoms with Gasteiger partial charge < -0.3 is 9.84 Å². The number of methoxy groups -OCH3 is 1. The van der Waals surface area contributed by atoms with Crippen molar-refractivity contribution in [2.45, 2.75) is 19.9 Å². The van der Waals surface area contributed by atoms with Gasteiger partial charge in [0.1, 0.15) is 5.75 Å². The summed E-state index contributed by atoms with van der Waals surface area (Å²) >= 11 is 3.44.